The molecule has 0 radical (unpaired) electrons. The molecule has 0 spiro atoms. The van der Waals surface area contributed by atoms with E-state index >= 15 is 0 Å². The van der Waals surface area contributed by atoms with Crippen molar-refractivity contribution in [2.75, 3.05) is 19.0 Å². The third-order valence-electron chi connectivity index (χ3n) is 4.46. The zero-order valence-corrected chi connectivity index (χ0v) is 13.2. The van der Waals surface area contributed by atoms with Crippen LogP contribution in [0.3, 0.4) is 0 Å². The van der Waals surface area contributed by atoms with Crippen molar-refractivity contribution in [2.24, 2.45) is 5.92 Å². The van der Waals surface area contributed by atoms with Crippen molar-refractivity contribution in [3.63, 3.8) is 0 Å². The van der Waals surface area contributed by atoms with Gasteiger partial charge in [0.1, 0.15) is 5.75 Å². The zero-order chi connectivity index (χ0) is 15.7. The molecule has 118 valence electrons. The van der Waals surface area contributed by atoms with Gasteiger partial charge in [0.25, 0.3) is 0 Å². The Labute approximate surface area is 134 Å². The van der Waals surface area contributed by atoms with Gasteiger partial charge in [-0.25, -0.2) is 0 Å². The van der Waals surface area contributed by atoms with Crippen molar-refractivity contribution in [1.82, 2.24) is 4.90 Å². The van der Waals surface area contributed by atoms with E-state index in [1.165, 1.54) is 6.42 Å². The highest BCUT2D eigenvalue weighted by molar-refractivity contribution is 6.32. The third-order valence-corrected chi connectivity index (χ3v) is 4.76. The number of carbonyl (C=O) groups is 2. The van der Waals surface area contributed by atoms with E-state index in [4.69, 9.17) is 16.3 Å². The SMILES string of the molecule is COc1ccc(NC(=O)C2CC(=O)N(C3CCC3)C2)cc1Cl. The molecule has 1 heterocycles. The lowest BCUT2D eigenvalue weighted by Crippen LogP contribution is -2.41. The number of nitrogens with one attached hydrogen (secondary N) is 1. The fourth-order valence-corrected chi connectivity index (χ4v) is 3.20. The second kappa shape index (κ2) is 6.16. The first-order valence-corrected chi connectivity index (χ1v) is 7.90. The van der Waals surface area contributed by atoms with E-state index in [9.17, 15) is 9.59 Å². The standard InChI is InChI=1S/C16H19ClN2O3/c1-22-14-6-5-11(8-13(14)17)18-16(21)10-7-15(20)19(9-10)12-3-2-4-12/h5-6,8,10,12H,2-4,7,9H2,1H3,(H,18,21). The molecule has 1 aromatic rings. The first kappa shape index (κ1) is 15.2. The molecule has 1 aliphatic heterocycles. The minimum atomic E-state index is -0.283. The molecule has 2 amide bonds. The topological polar surface area (TPSA) is 58.6 Å². The number of halogens is 1. The van der Waals surface area contributed by atoms with Crippen LogP contribution in [0, 0.1) is 5.92 Å². The number of anilines is 1. The lowest BCUT2D eigenvalue weighted by Gasteiger charge is -2.34. The summed E-state index contributed by atoms with van der Waals surface area (Å²) >= 11 is 6.05. The molecule has 1 unspecified atom stereocenters. The summed E-state index contributed by atoms with van der Waals surface area (Å²) in [6, 6.07) is 5.45. The van der Waals surface area contributed by atoms with Gasteiger partial charge in [-0.1, -0.05) is 11.6 Å². The molecule has 0 aromatic heterocycles. The second-order valence-corrected chi connectivity index (χ2v) is 6.28. The molecule has 0 bridgehead atoms. The van der Waals surface area contributed by atoms with Crippen LogP contribution in [0.25, 0.3) is 0 Å². The van der Waals surface area contributed by atoms with Gasteiger partial charge in [-0.3, -0.25) is 9.59 Å². The van der Waals surface area contributed by atoms with Gasteiger partial charge in [0.05, 0.1) is 18.1 Å². The predicted octanol–water partition coefficient (Wildman–Crippen LogP) is 2.69. The van der Waals surface area contributed by atoms with Gasteiger partial charge in [-0.15, -0.1) is 0 Å². The highest BCUT2D eigenvalue weighted by Gasteiger charge is 2.39. The lowest BCUT2D eigenvalue weighted by molar-refractivity contribution is -0.131. The lowest BCUT2D eigenvalue weighted by atomic mass is 9.92. The van der Waals surface area contributed by atoms with Gasteiger partial charge < -0.3 is 15.0 Å². The Bertz CT molecular complexity index is 601. The molecule has 1 N–H and O–H groups in total. The Kier molecular flexibility index (Phi) is 4.25. The van der Waals surface area contributed by atoms with Crippen LogP contribution in [0.15, 0.2) is 18.2 Å². The summed E-state index contributed by atoms with van der Waals surface area (Å²) in [4.78, 5) is 26.2. The Morgan fingerprint density at radius 2 is 2.18 bits per heavy atom. The van der Waals surface area contributed by atoms with Crippen molar-refractivity contribution in [2.45, 2.75) is 31.7 Å². The summed E-state index contributed by atoms with van der Waals surface area (Å²) in [5.74, 6) is 0.245. The monoisotopic (exact) mass is 322 g/mol. The quantitative estimate of drug-likeness (QED) is 0.927. The summed E-state index contributed by atoms with van der Waals surface area (Å²) in [6.45, 7) is 0.527. The Morgan fingerprint density at radius 3 is 2.77 bits per heavy atom. The minimum Gasteiger partial charge on any atom is -0.495 e. The highest BCUT2D eigenvalue weighted by Crippen LogP contribution is 2.32. The van der Waals surface area contributed by atoms with E-state index in [-0.39, 0.29) is 17.7 Å². The number of hydrogen-bond acceptors (Lipinski definition) is 3. The van der Waals surface area contributed by atoms with Gasteiger partial charge in [0.2, 0.25) is 11.8 Å². The van der Waals surface area contributed by atoms with Gasteiger partial charge >= 0.3 is 0 Å². The van der Waals surface area contributed by atoms with Crippen LogP contribution in [-0.4, -0.2) is 36.4 Å². The summed E-state index contributed by atoms with van der Waals surface area (Å²) in [6.07, 6.45) is 3.60. The molecule has 22 heavy (non-hydrogen) atoms. The van der Waals surface area contributed by atoms with Crippen LogP contribution >= 0.6 is 11.6 Å². The maximum Gasteiger partial charge on any atom is 0.229 e. The van der Waals surface area contributed by atoms with Crippen LogP contribution in [-0.2, 0) is 9.59 Å². The largest absolute Gasteiger partial charge is 0.495 e. The number of rotatable bonds is 4. The van der Waals surface area contributed by atoms with Crippen molar-refractivity contribution < 1.29 is 14.3 Å². The molecule has 1 saturated heterocycles. The van der Waals surface area contributed by atoms with Crippen LogP contribution in [0.1, 0.15) is 25.7 Å². The van der Waals surface area contributed by atoms with Crippen LogP contribution in [0.4, 0.5) is 5.69 Å². The molecular weight excluding hydrogens is 304 g/mol. The van der Waals surface area contributed by atoms with Gasteiger partial charge in [-0.2, -0.15) is 0 Å². The molecule has 6 heteroatoms. The maximum atomic E-state index is 12.3. The number of ether oxygens (including phenoxy) is 1. The van der Waals surface area contributed by atoms with E-state index < -0.39 is 0 Å². The minimum absolute atomic E-state index is 0.0950. The molecular formula is C16H19ClN2O3. The first-order valence-electron chi connectivity index (χ1n) is 7.52. The Morgan fingerprint density at radius 1 is 1.41 bits per heavy atom. The molecule has 1 aliphatic carbocycles. The predicted molar refractivity (Wildman–Crippen MR) is 84.1 cm³/mol. The van der Waals surface area contributed by atoms with E-state index in [2.05, 4.69) is 5.32 Å². The van der Waals surface area contributed by atoms with E-state index in [1.807, 2.05) is 4.90 Å². The average Bonchev–Trinajstić information content (AvgIpc) is 2.79. The highest BCUT2D eigenvalue weighted by atomic mass is 35.5. The Balaban J connectivity index is 1.62. The fraction of sp³-hybridized carbons (Fsp3) is 0.500. The number of methoxy groups -OCH3 is 1. The van der Waals surface area contributed by atoms with Crippen LogP contribution < -0.4 is 10.1 Å². The molecule has 1 aromatic carbocycles. The molecule has 2 fully saturated rings. The van der Waals surface area contributed by atoms with Crippen molar-refractivity contribution in [3.05, 3.63) is 23.2 Å². The van der Waals surface area contributed by atoms with Crippen molar-refractivity contribution in [1.29, 1.82) is 0 Å². The third kappa shape index (κ3) is 2.90. The molecule has 2 aliphatic rings. The fourth-order valence-electron chi connectivity index (χ4n) is 2.95. The van der Waals surface area contributed by atoms with Gasteiger partial charge in [-0.05, 0) is 37.5 Å². The number of nitrogens with zero attached hydrogens (tertiary/aromatic N) is 1. The summed E-state index contributed by atoms with van der Waals surface area (Å²) in [5, 5.41) is 3.28. The zero-order valence-electron chi connectivity index (χ0n) is 12.5. The molecule has 1 saturated carbocycles. The summed E-state index contributed by atoms with van der Waals surface area (Å²) < 4.78 is 5.08. The van der Waals surface area contributed by atoms with E-state index in [1.54, 1.807) is 25.3 Å². The summed E-state index contributed by atoms with van der Waals surface area (Å²) in [7, 11) is 1.54. The van der Waals surface area contributed by atoms with Crippen molar-refractivity contribution in [3.8, 4) is 5.75 Å². The second-order valence-electron chi connectivity index (χ2n) is 5.87. The average molecular weight is 323 g/mol. The number of carbonyl (C=O) groups excluding carboxylic acids is 2. The van der Waals surface area contributed by atoms with Crippen molar-refractivity contribution >= 4 is 29.1 Å². The number of amides is 2. The van der Waals surface area contributed by atoms with Crippen LogP contribution in [0.2, 0.25) is 5.02 Å². The molecule has 3 rings (SSSR count). The van der Waals surface area contributed by atoms with Gasteiger partial charge in [0, 0.05) is 24.7 Å². The van der Waals surface area contributed by atoms with E-state index in [0.717, 1.165) is 12.8 Å². The first-order chi connectivity index (χ1) is 10.6. The van der Waals surface area contributed by atoms with Crippen LogP contribution in [0.5, 0.6) is 5.75 Å². The number of hydrogen-bond donors (Lipinski definition) is 1. The van der Waals surface area contributed by atoms with Gasteiger partial charge in [0.15, 0.2) is 0 Å². The molecule has 1 atom stereocenters. The van der Waals surface area contributed by atoms with E-state index in [0.29, 0.717) is 35.5 Å². The maximum absolute atomic E-state index is 12.3. The normalized spacial score (nSPS) is 21.6. The smallest absolute Gasteiger partial charge is 0.229 e. The number of likely N-dealkylation sites (tertiary alicyclic amines) is 1. The number of benzene rings is 1. The Hall–Kier alpha value is -1.75. The molecule has 5 nitrogen and oxygen atoms in total. The summed E-state index contributed by atoms with van der Waals surface area (Å²) in [5.41, 5.74) is 0.616.